The lowest BCUT2D eigenvalue weighted by molar-refractivity contribution is 0.646. The molecule has 0 saturated heterocycles. The van der Waals surface area contributed by atoms with E-state index in [9.17, 15) is 0 Å². The van der Waals surface area contributed by atoms with Crippen molar-refractivity contribution in [3.05, 3.63) is 23.9 Å². The summed E-state index contributed by atoms with van der Waals surface area (Å²) in [5.74, 6) is 1.56. The van der Waals surface area contributed by atoms with Crippen molar-refractivity contribution in [2.24, 2.45) is 14.1 Å². The van der Waals surface area contributed by atoms with Gasteiger partial charge in [-0.3, -0.25) is 9.25 Å². The van der Waals surface area contributed by atoms with E-state index in [0.29, 0.717) is 5.95 Å². The number of anilines is 1. The molecular weight excluding hydrogens is 242 g/mol. The first-order valence-corrected chi connectivity index (χ1v) is 6.19. The third-order valence-electron chi connectivity index (χ3n) is 3.40. The fourth-order valence-electron chi connectivity index (χ4n) is 2.42. The molecule has 3 aromatic rings. The lowest BCUT2D eigenvalue weighted by Crippen LogP contribution is -2.10. The van der Waals surface area contributed by atoms with Crippen molar-refractivity contribution in [3.8, 4) is 0 Å². The van der Waals surface area contributed by atoms with Crippen molar-refractivity contribution in [1.82, 2.24) is 28.9 Å². The number of aromatic nitrogens is 6. The number of imidazole rings is 2. The van der Waals surface area contributed by atoms with Crippen molar-refractivity contribution in [3.63, 3.8) is 0 Å². The number of fused-ring (bicyclic) bond motifs is 1. The number of aryl methyl sites for hydroxylation is 5. The van der Waals surface area contributed by atoms with E-state index in [4.69, 9.17) is 5.73 Å². The Bertz CT molecular complexity index is 731. The van der Waals surface area contributed by atoms with E-state index in [0.717, 1.165) is 35.6 Å². The van der Waals surface area contributed by atoms with Gasteiger partial charge in [0.25, 0.3) is 0 Å². The van der Waals surface area contributed by atoms with Crippen LogP contribution in [-0.2, 0) is 27.1 Å². The second kappa shape index (κ2) is 4.11. The minimum absolute atomic E-state index is 0.528. The van der Waals surface area contributed by atoms with E-state index in [1.165, 1.54) is 0 Å². The molecule has 0 spiro atoms. The maximum Gasteiger partial charge on any atom is 0.202 e. The molecule has 0 radical (unpaired) electrons. The zero-order valence-corrected chi connectivity index (χ0v) is 11.3. The van der Waals surface area contributed by atoms with Crippen LogP contribution in [0.2, 0.25) is 0 Å². The van der Waals surface area contributed by atoms with Gasteiger partial charge in [0, 0.05) is 39.5 Å². The van der Waals surface area contributed by atoms with Crippen LogP contribution in [0.3, 0.4) is 0 Å². The smallest absolute Gasteiger partial charge is 0.202 e. The third kappa shape index (κ3) is 1.78. The monoisotopic (exact) mass is 259 g/mol. The quantitative estimate of drug-likeness (QED) is 0.748. The van der Waals surface area contributed by atoms with Gasteiger partial charge < -0.3 is 10.3 Å². The van der Waals surface area contributed by atoms with Crippen LogP contribution >= 0.6 is 0 Å². The zero-order chi connectivity index (χ0) is 13.6. The highest BCUT2D eigenvalue weighted by Crippen LogP contribution is 2.20. The molecule has 19 heavy (non-hydrogen) atoms. The summed E-state index contributed by atoms with van der Waals surface area (Å²) in [6.07, 6.45) is 4.55. The number of rotatable bonds is 3. The molecule has 0 saturated carbocycles. The average Bonchev–Trinajstić information content (AvgIpc) is 2.97. The number of hydrogen-bond acceptors (Lipinski definition) is 4. The lowest BCUT2D eigenvalue weighted by Gasteiger charge is -2.07. The summed E-state index contributed by atoms with van der Waals surface area (Å²) in [6.45, 7) is 2.68. The highest BCUT2D eigenvalue weighted by Gasteiger charge is 2.15. The first kappa shape index (κ1) is 11.8. The van der Waals surface area contributed by atoms with Crippen molar-refractivity contribution in [1.29, 1.82) is 0 Å². The number of nitrogens with zero attached hydrogens (tertiary/aromatic N) is 6. The normalized spacial score (nSPS) is 11.5. The SMILES string of the molecule is Cc1nn(C)c2c1nc(N)n2CCc1nccn1C. The Balaban J connectivity index is 1.96. The van der Waals surface area contributed by atoms with Crippen LogP contribution in [0.5, 0.6) is 0 Å². The van der Waals surface area contributed by atoms with Crippen LogP contribution in [0.4, 0.5) is 5.95 Å². The van der Waals surface area contributed by atoms with Gasteiger partial charge in [-0.2, -0.15) is 5.10 Å². The molecule has 7 heteroatoms. The van der Waals surface area contributed by atoms with Crippen LogP contribution in [0, 0.1) is 6.92 Å². The predicted octanol–water partition coefficient (Wildman–Crippen LogP) is 0.637. The third-order valence-corrected chi connectivity index (χ3v) is 3.40. The van der Waals surface area contributed by atoms with E-state index >= 15 is 0 Å². The molecule has 0 aromatic carbocycles. The number of nitrogens with two attached hydrogens (primary N) is 1. The molecule has 7 nitrogen and oxygen atoms in total. The second-order valence-electron chi connectivity index (χ2n) is 4.71. The van der Waals surface area contributed by atoms with Crippen LogP contribution in [0.15, 0.2) is 12.4 Å². The van der Waals surface area contributed by atoms with Crippen LogP contribution in [0.1, 0.15) is 11.5 Å². The molecule has 0 fully saturated rings. The van der Waals surface area contributed by atoms with Crippen LogP contribution in [-0.4, -0.2) is 28.9 Å². The summed E-state index contributed by atoms with van der Waals surface area (Å²) in [7, 11) is 3.90. The molecule has 0 unspecified atom stereocenters. The molecule has 100 valence electrons. The van der Waals surface area contributed by atoms with E-state index in [2.05, 4.69) is 15.1 Å². The van der Waals surface area contributed by atoms with Gasteiger partial charge in [-0.25, -0.2) is 9.97 Å². The van der Waals surface area contributed by atoms with Crippen LogP contribution < -0.4 is 5.73 Å². The molecule has 3 aromatic heterocycles. The molecule has 0 aliphatic carbocycles. The average molecular weight is 259 g/mol. The fourth-order valence-corrected chi connectivity index (χ4v) is 2.42. The van der Waals surface area contributed by atoms with Crippen molar-refractivity contribution >= 4 is 17.1 Å². The lowest BCUT2D eigenvalue weighted by atomic mass is 10.4. The zero-order valence-electron chi connectivity index (χ0n) is 11.3. The Kier molecular flexibility index (Phi) is 2.55. The molecule has 0 atom stereocenters. The largest absolute Gasteiger partial charge is 0.369 e. The Morgan fingerprint density at radius 1 is 1.32 bits per heavy atom. The maximum atomic E-state index is 6.00. The molecule has 0 amide bonds. The summed E-state index contributed by atoms with van der Waals surface area (Å²) in [6, 6.07) is 0. The fraction of sp³-hybridized carbons (Fsp3) is 0.417. The van der Waals surface area contributed by atoms with Gasteiger partial charge >= 0.3 is 0 Å². The van der Waals surface area contributed by atoms with E-state index < -0.39 is 0 Å². The van der Waals surface area contributed by atoms with Crippen molar-refractivity contribution in [2.75, 3.05) is 5.73 Å². The molecule has 0 aliphatic rings. The topological polar surface area (TPSA) is 79.5 Å². The van der Waals surface area contributed by atoms with E-state index in [1.807, 2.05) is 41.0 Å². The van der Waals surface area contributed by atoms with E-state index in [1.54, 1.807) is 6.20 Å². The van der Waals surface area contributed by atoms with Crippen LogP contribution in [0.25, 0.3) is 11.2 Å². The summed E-state index contributed by atoms with van der Waals surface area (Å²) in [4.78, 5) is 8.70. The first-order valence-electron chi connectivity index (χ1n) is 6.19. The Hall–Kier alpha value is -2.31. The molecule has 0 aliphatic heterocycles. The Morgan fingerprint density at radius 2 is 2.11 bits per heavy atom. The maximum absolute atomic E-state index is 6.00. The Morgan fingerprint density at radius 3 is 2.79 bits per heavy atom. The summed E-state index contributed by atoms with van der Waals surface area (Å²) < 4.78 is 5.83. The van der Waals surface area contributed by atoms with Crippen molar-refractivity contribution in [2.45, 2.75) is 19.9 Å². The van der Waals surface area contributed by atoms with Gasteiger partial charge in [0.15, 0.2) is 5.65 Å². The Labute approximate surface area is 110 Å². The minimum Gasteiger partial charge on any atom is -0.369 e. The molecule has 3 heterocycles. The molecular formula is C12H17N7. The molecule has 3 rings (SSSR count). The van der Waals surface area contributed by atoms with Gasteiger partial charge in [-0.1, -0.05) is 0 Å². The number of hydrogen-bond donors (Lipinski definition) is 1. The number of nitrogen functional groups attached to an aromatic ring is 1. The molecule has 0 bridgehead atoms. The van der Waals surface area contributed by atoms with Crippen molar-refractivity contribution < 1.29 is 0 Å². The predicted molar refractivity (Wildman–Crippen MR) is 72.6 cm³/mol. The van der Waals surface area contributed by atoms with Gasteiger partial charge in [0.2, 0.25) is 5.95 Å². The second-order valence-corrected chi connectivity index (χ2v) is 4.71. The highest BCUT2D eigenvalue weighted by molar-refractivity contribution is 5.77. The molecule has 2 N–H and O–H groups in total. The van der Waals surface area contributed by atoms with Gasteiger partial charge in [-0.15, -0.1) is 0 Å². The standard InChI is InChI=1S/C12H17N7/c1-8-10-11(18(3)16-8)19(12(13)15-10)6-4-9-14-5-7-17(9)2/h5,7H,4,6H2,1-3H3,(H2,13,15). The van der Waals surface area contributed by atoms with Gasteiger partial charge in [-0.05, 0) is 6.92 Å². The summed E-state index contributed by atoms with van der Waals surface area (Å²) in [5.41, 5.74) is 8.74. The minimum atomic E-state index is 0.528. The highest BCUT2D eigenvalue weighted by atomic mass is 15.3. The van der Waals surface area contributed by atoms with Gasteiger partial charge in [0.05, 0.1) is 5.69 Å². The summed E-state index contributed by atoms with van der Waals surface area (Å²) >= 11 is 0. The van der Waals surface area contributed by atoms with E-state index in [-0.39, 0.29) is 0 Å². The van der Waals surface area contributed by atoms with Gasteiger partial charge in [0.1, 0.15) is 11.3 Å². The first-order chi connectivity index (χ1) is 9.08. The summed E-state index contributed by atoms with van der Waals surface area (Å²) in [5, 5.41) is 4.37.